The summed E-state index contributed by atoms with van der Waals surface area (Å²) in [5, 5.41) is 10.5. The van der Waals surface area contributed by atoms with Crippen molar-refractivity contribution < 1.29 is 30.9 Å². The van der Waals surface area contributed by atoms with Gasteiger partial charge in [-0.1, -0.05) is 0 Å². The van der Waals surface area contributed by atoms with Crippen LogP contribution in [0.15, 0.2) is 23.1 Å². The molecule has 1 aromatic rings. The molecule has 0 radical (unpaired) electrons. The highest BCUT2D eigenvalue weighted by Crippen LogP contribution is 2.26. The Hall–Kier alpha value is -1.95. The monoisotopic (exact) mass is 331 g/mol. The molecule has 12 heteroatoms. The average molecular weight is 331 g/mol. The molecule has 1 aromatic carbocycles. The first-order chi connectivity index (χ1) is 9.47. The maximum absolute atomic E-state index is 12.7. The van der Waals surface area contributed by atoms with Gasteiger partial charge in [0.15, 0.2) is 0 Å². The first-order valence-electron chi connectivity index (χ1n) is 5.17. The molecule has 3 N–H and O–H groups in total. The maximum atomic E-state index is 12.7. The highest BCUT2D eigenvalue weighted by molar-refractivity contribution is 7.89. The maximum Gasteiger partial charge on any atom is 0.320 e. The molecule has 0 fully saturated rings. The van der Waals surface area contributed by atoms with E-state index in [1.54, 1.807) is 0 Å². The number of halogens is 4. The van der Waals surface area contributed by atoms with Gasteiger partial charge in [0.05, 0.1) is 17.2 Å². The number of hydrogen-bond acceptors (Lipinski definition) is 5. The zero-order valence-corrected chi connectivity index (χ0v) is 10.9. The number of nitrogen functional groups attached to an aromatic ring is 1. The first kappa shape index (κ1) is 17.1. The Morgan fingerprint density at radius 2 is 1.95 bits per heavy atom. The smallest absolute Gasteiger partial charge is 0.320 e. The van der Waals surface area contributed by atoms with Crippen LogP contribution < -0.4 is 10.5 Å². The van der Waals surface area contributed by atoms with Crippen LogP contribution in [0.25, 0.3) is 0 Å². The molecule has 0 heterocycles. The van der Waals surface area contributed by atoms with Gasteiger partial charge < -0.3 is 5.73 Å². The molecule has 0 amide bonds. The Labute approximate surface area is 115 Å². The van der Waals surface area contributed by atoms with Crippen LogP contribution in [0.1, 0.15) is 0 Å². The number of nitrogens with two attached hydrogens (primary N) is 1. The molecule has 0 aliphatic rings. The van der Waals surface area contributed by atoms with Crippen LogP contribution in [0.2, 0.25) is 0 Å². The third-order valence-corrected chi connectivity index (χ3v) is 3.77. The summed E-state index contributed by atoms with van der Waals surface area (Å²) >= 11 is 0. The van der Waals surface area contributed by atoms with Crippen LogP contribution in [0, 0.1) is 10.1 Å². The molecule has 0 aromatic heterocycles. The molecule has 0 saturated heterocycles. The van der Waals surface area contributed by atoms with Gasteiger partial charge in [0.1, 0.15) is 4.90 Å². The topological polar surface area (TPSA) is 115 Å². The van der Waals surface area contributed by atoms with Crippen molar-refractivity contribution in [2.24, 2.45) is 0 Å². The number of nitro benzene ring substituents is 1. The van der Waals surface area contributed by atoms with E-state index in [4.69, 9.17) is 5.73 Å². The summed E-state index contributed by atoms with van der Waals surface area (Å²) in [6, 6.07) is 2.33. The molecule has 0 atom stereocenters. The van der Waals surface area contributed by atoms with Gasteiger partial charge in [-0.25, -0.2) is 21.9 Å². The number of non-ortho nitro benzene ring substituents is 1. The second kappa shape index (κ2) is 5.81. The average Bonchev–Trinajstić information content (AvgIpc) is 2.36. The number of nitrogens with one attached hydrogen (secondary N) is 1. The van der Waals surface area contributed by atoms with E-state index >= 15 is 0 Å². The van der Waals surface area contributed by atoms with Crippen molar-refractivity contribution in [3.8, 4) is 0 Å². The van der Waals surface area contributed by atoms with Crippen LogP contribution >= 0.6 is 0 Å². The highest BCUT2D eigenvalue weighted by Gasteiger charge is 2.41. The lowest BCUT2D eigenvalue weighted by atomic mass is 10.3. The molecule has 0 saturated carbocycles. The molecule has 0 aliphatic heterocycles. The van der Waals surface area contributed by atoms with Gasteiger partial charge in [-0.2, -0.15) is 8.78 Å². The SMILES string of the molecule is Nc1ccc([N+](=O)[O-])cc1S(=O)(=O)NCC(F)(F)C(F)F. The summed E-state index contributed by atoms with van der Waals surface area (Å²) in [6.07, 6.45) is -4.07. The fourth-order valence-electron chi connectivity index (χ4n) is 1.22. The van der Waals surface area contributed by atoms with Gasteiger partial charge in [-0.05, 0) is 6.07 Å². The van der Waals surface area contributed by atoms with Crippen LogP contribution in [0.3, 0.4) is 0 Å². The number of benzene rings is 1. The summed E-state index contributed by atoms with van der Waals surface area (Å²) in [4.78, 5) is 8.76. The Balaban J connectivity index is 3.09. The molecule has 0 aliphatic carbocycles. The summed E-state index contributed by atoms with van der Waals surface area (Å²) in [5.41, 5.74) is 4.20. The first-order valence-corrected chi connectivity index (χ1v) is 6.65. The van der Waals surface area contributed by atoms with Crippen LogP contribution in [-0.4, -0.2) is 32.2 Å². The largest absolute Gasteiger partial charge is 0.398 e. The van der Waals surface area contributed by atoms with E-state index in [2.05, 4.69) is 0 Å². The number of hydrogen-bond donors (Lipinski definition) is 2. The number of rotatable bonds is 6. The van der Waals surface area contributed by atoms with Crippen molar-refractivity contribution in [1.29, 1.82) is 0 Å². The lowest BCUT2D eigenvalue weighted by Crippen LogP contribution is -2.41. The number of nitrogens with zero attached hydrogens (tertiary/aromatic N) is 1. The quantitative estimate of drug-likeness (QED) is 0.353. The standard InChI is InChI=1S/C9H9F4N3O4S/c10-8(11)9(12,13)4-15-21(19,20)7-3-5(16(17)18)1-2-6(7)14/h1-3,8,15H,4,14H2. The molecule has 21 heavy (non-hydrogen) atoms. The van der Waals surface area contributed by atoms with Gasteiger partial charge in [-0.15, -0.1) is 0 Å². The number of nitro groups is 1. The van der Waals surface area contributed by atoms with Crippen molar-refractivity contribution in [1.82, 2.24) is 4.72 Å². The number of alkyl halides is 4. The van der Waals surface area contributed by atoms with Gasteiger partial charge in [-0.3, -0.25) is 10.1 Å². The number of sulfonamides is 1. The fourth-order valence-corrected chi connectivity index (χ4v) is 2.41. The lowest BCUT2D eigenvalue weighted by Gasteiger charge is -2.16. The lowest BCUT2D eigenvalue weighted by molar-refractivity contribution is -0.385. The second-order valence-electron chi connectivity index (χ2n) is 3.87. The van der Waals surface area contributed by atoms with E-state index in [9.17, 15) is 36.1 Å². The van der Waals surface area contributed by atoms with Crippen molar-refractivity contribution in [2.75, 3.05) is 12.3 Å². The van der Waals surface area contributed by atoms with Crippen molar-refractivity contribution >= 4 is 21.4 Å². The minimum absolute atomic E-state index is 0.450. The van der Waals surface area contributed by atoms with Gasteiger partial charge >= 0.3 is 12.3 Å². The van der Waals surface area contributed by atoms with E-state index in [0.29, 0.717) is 6.07 Å². The second-order valence-corrected chi connectivity index (χ2v) is 5.60. The summed E-state index contributed by atoms with van der Waals surface area (Å²) in [7, 11) is -4.71. The van der Waals surface area contributed by atoms with Gasteiger partial charge in [0.25, 0.3) is 5.69 Å². The van der Waals surface area contributed by atoms with Crippen molar-refractivity contribution in [3.05, 3.63) is 28.3 Å². The van der Waals surface area contributed by atoms with E-state index in [-0.39, 0.29) is 0 Å². The van der Waals surface area contributed by atoms with Crippen LogP contribution in [-0.2, 0) is 10.0 Å². The summed E-state index contributed by atoms with van der Waals surface area (Å²) < 4.78 is 73.9. The minimum Gasteiger partial charge on any atom is -0.398 e. The Kier molecular flexibility index (Phi) is 4.73. The highest BCUT2D eigenvalue weighted by atomic mass is 32.2. The molecule has 7 nitrogen and oxygen atoms in total. The molecule has 1 rings (SSSR count). The molecular formula is C9H9F4N3O4S. The Bertz CT molecular complexity index is 650. The van der Waals surface area contributed by atoms with Gasteiger partial charge in [0.2, 0.25) is 10.0 Å². The van der Waals surface area contributed by atoms with E-state index in [0.717, 1.165) is 12.1 Å². The molecule has 0 spiro atoms. The van der Waals surface area contributed by atoms with Crippen molar-refractivity contribution in [2.45, 2.75) is 17.2 Å². The van der Waals surface area contributed by atoms with Gasteiger partial charge in [0, 0.05) is 12.1 Å². The van der Waals surface area contributed by atoms with E-state index < -0.39 is 50.1 Å². The summed E-state index contributed by atoms with van der Waals surface area (Å²) in [5.74, 6) is -4.58. The normalized spacial score (nSPS) is 12.6. The van der Waals surface area contributed by atoms with E-state index in [1.165, 1.54) is 4.72 Å². The zero-order valence-electron chi connectivity index (χ0n) is 10.1. The fraction of sp³-hybridized carbons (Fsp3) is 0.333. The Morgan fingerprint density at radius 3 is 2.43 bits per heavy atom. The predicted octanol–water partition coefficient (Wildman–Crippen LogP) is 1.36. The van der Waals surface area contributed by atoms with E-state index in [1.807, 2.05) is 0 Å². The van der Waals surface area contributed by atoms with Crippen molar-refractivity contribution in [3.63, 3.8) is 0 Å². The predicted molar refractivity (Wildman–Crippen MR) is 63.6 cm³/mol. The molecule has 0 unspecified atom stereocenters. The molecule has 0 bridgehead atoms. The third-order valence-electron chi connectivity index (χ3n) is 2.31. The molecular weight excluding hydrogens is 322 g/mol. The number of anilines is 1. The van der Waals surface area contributed by atoms with Crippen LogP contribution in [0.4, 0.5) is 28.9 Å². The third kappa shape index (κ3) is 4.01. The zero-order chi connectivity index (χ0) is 16.4. The van der Waals surface area contributed by atoms with Crippen LogP contribution in [0.5, 0.6) is 0 Å². The minimum atomic E-state index is -4.71. The Morgan fingerprint density at radius 1 is 1.38 bits per heavy atom. The summed E-state index contributed by atoms with van der Waals surface area (Å²) in [6.45, 7) is -1.87. The molecule has 118 valence electrons.